The lowest BCUT2D eigenvalue weighted by molar-refractivity contribution is -0.124. The van der Waals surface area contributed by atoms with Crippen molar-refractivity contribution in [2.45, 2.75) is 45.1 Å². The van der Waals surface area contributed by atoms with E-state index in [1.54, 1.807) is 23.3 Å². The number of carbonyl (C=O) groups excluding carboxylic acids is 1. The van der Waals surface area contributed by atoms with E-state index >= 15 is 0 Å². The molecule has 0 radical (unpaired) electrons. The quantitative estimate of drug-likeness (QED) is 0.848. The monoisotopic (exact) mass is 265 g/mol. The van der Waals surface area contributed by atoms with Crippen molar-refractivity contribution in [3.63, 3.8) is 0 Å². The van der Waals surface area contributed by atoms with E-state index in [2.05, 4.69) is 10.3 Å². The summed E-state index contributed by atoms with van der Waals surface area (Å²) in [4.78, 5) is 16.0. The van der Waals surface area contributed by atoms with Gasteiger partial charge in [-0.2, -0.15) is 0 Å². The predicted molar refractivity (Wildman–Crippen MR) is 72.6 cm³/mol. The Hall–Kier alpha value is -1.36. The van der Waals surface area contributed by atoms with Crippen LogP contribution in [0.1, 0.15) is 45.1 Å². The Morgan fingerprint density at radius 2 is 2.21 bits per heavy atom. The van der Waals surface area contributed by atoms with Crippen LogP contribution in [-0.4, -0.2) is 33.7 Å². The van der Waals surface area contributed by atoms with E-state index in [1.807, 2.05) is 6.92 Å². The smallest absolute Gasteiger partial charge is 0.242 e. The normalized spacial score (nSPS) is 19.9. The number of rotatable bonds is 5. The van der Waals surface area contributed by atoms with Gasteiger partial charge < -0.3 is 15.0 Å². The van der Waals surface area contributed by atoms with Crippen molar-refractivity contribution < 1.29 is 9.90 Å². The molecule has 1 saturated carbocycles. The summed E-state index contributed by atoms with van der Waals surface area (Å²) < 4.78 is 1.78. The highest BCUT2D eigenvalue weighted by Crippen LogP contribution is 2.35. The summed E-state index contributed by atoms with van der Waals surface area (Å²) in [5, 5.41) is 12.6. The molecule has 5 nitrogen and oxygen atoms in total. The predicted octanol–water partition coefficient (Wildman–Crippen LogP) is 1.50. The molecule has 1 atom stereocenters. The molecule has 1 aromatic rings. The molecular formula is C14H23N3O2. The Morgan fingerprint density at radius 3 is 2.79 bits per heavy atom. The maximum atomic E-state index is 12.1. The molecule has 1 aromatic heterocycles. The summed E-state index contributed by atoms with van der Waals surface area (Å²) in [7, 11) is 0. The van der Waals surface area contributed by atoms with E-state index in [0.717, 1.165) is 25.7 Å². The third-order valence-corrected chi connectivity index (χ3v) is 4.24. The van der Waals surface area contributed by atoms with Crippen molar-refractivity contribution in [1.82, 2.24) is 14.9 Å². The molecule has 1 amide bonds. The van der Waals surface area contributed by atoms with E-state index in [9.17, 15) is 9.90 Å². The van der Waals surface area contributed by atoms with Crippen LogP contribution in [-0.2, 0) is 4.79 Å². The number of nitrogens with zero attached hydrogens (tertiary/aromatic N) is 2. The van der Waals surface area contributed by atoms with Crippen LogP contribution in [0.5, 0.6) is 0 Å². The topological polar surface area (TPSA) is 67.2 Å². The summed E-state index contributed by atoms with van der Waals surface area (Å²) in [5.41, 5.74) is -0.109. The van der Waals surface area contributed by atoms with Crippen molar-refractivity contribution >= 4 is 5.91 Å². The lowest BCUT2D eigenvalue weighted by Crippen LogP contribution is -2.43. The number of hydrogen-bond donors (Lipinski definition) is 2. The van der Waals surface area contributed by atoms with Crippen molar-refractivity contribution in [3.8, 4) is 0 Å². The Balaban J connectivity index is 1.88. The zero-order chi connectivity index (χ0) is 13.7. The van der Waals surface area contributed by atoms with Gasteiger partial charge in [0.05, 0.1) is 12.9 Å². The van der Waals surface area contributed by atoms with Gasteiger partial charge in [0.1, 0.15) is 6.04 Å². The van der Waals surface area contributed by atoms with Gasteiger partial charge >= 0.3 is 0 Å². The molecule has 1 fully saturated rings. The summed E-state index contributed by atoms with van der Waals surface area (Å²) in [6.07, 6.45) is 10.6. The molecule has 0 bridgehead atoms. The molecule has 2 rings (SSSR count). The van der Waals surface area contributed by atoms with Gasteiger partial charge in [0.2, 0.25) is 5.91 Å². The van der Waals surface area contributed by atoms with E-state index in [1.165, 1.54) is 6.42 Å². The number of aromatic nitrogens is 2. The molecule has 1 aliphatic rings. The second-order valence-corrected chi connectivity index (χ2v) is 5.62. The first kappa shape index (κ1) is 14.1. The summed E-state index contributed by atoms with van der Waals surface area (Å²) in [5.74, 6) is -0.0172. The van der Waals surface area contributed by atoms with Crippen molar-refractivity contribution in [2.24, 2.45) is 5.41 Å². The van der Waals surface area contributed by atoms with E-state index in [0.29, 0.717) is 6.54 Å². The Morgan fingerprint density at radius 1 is 1.47 bits per heavy atom. The maximum Gasteiger partial charge on any atom is 0.242 e. The molecule has 0 saturated heterocycles. The van der Waals surface area contributed by atoms with Gasteiger partial charge in [-0.25, -0.2) is 4.98 Å². The van der Waals surface area contributed by atoms with Crippen LogP contribution in [0.2, 0.25) is 0 Å². The van der Waals surface area contributed by atoms with E-state index in [4.69, 9.17) is 0 Å². The van der Waals surface area contributed by atoms with Gasteiger partial charge in [-0.15, -0.1) is 0 Å². The number of hydrogen-bond acceptors (Lipinski definition) is 3. The minimum atomic E-state index is -0.262. The molecule has 1 unspecified atom stereocenters. The number of aliphatic hydroxyl groups is 1. The molecule has 0 spiro atoms. The van der Waals surface area contributed by atoms with E-state index in [-0.39, 0.29) is 24.0 Å². The number of carbonyl (C=O) groups is 1. The third kappa shape index (κ3) is 3.35. The van der Waals surface area contributed by atoms with Crippen LogP contribution < -0.4 is 5.32 Å². The average molecular weight is 265 g/mol. The van der Waals surface area contributed by atoms with E-state index < -0.39 is 0 Å². The van der Waals surface area contributed by atoms with Crippen LogP contribution in [0.3, 0.4) is 0 Å². The first-order valence-electron chi connectivity index (χ1n) is 7.03. The van der Waals surface area contributed by atoms with Crippen molar-refractivity contribution in [1.29, 1.82) is 0 Å². The number of imidazole rings is 1. The second kappa shape index (κ2) is 6.19. The molecule has 1 aliphatic carbocycles. The lowest BCUT2D eigenvalue weighted by atomic mass is 9.74. The van der Waals surface area contributed by atoms with Gasteiger partial charge in [-0.1, -0.05) is 19.3 Å². The highest BCUT2D eigenvalue weighted by atomic mass is 16.3. The first-order valence-corrected chi connectivity index (χ1v) is 7.03. The lowest BCUT2D eigenvalue weighted by Gasteiger charge is -2.36. The highest BCUT2D eigenvalue weighted by Gasteiger charge is 2.32. The molecular weight excluding hydrogens is 242 g/mol. The molecule has 0 aromatic carbocycles. The molecule has 2 N–H and O–H groups in total. The molecule has 106 valence electrons. The first-order chi connectivity index (χ1) is 9.17. The fraction of sp³-hybridized carbons (Fsp3) is 0.714. The van der Waals surface area contributed by atoms with Crippen molar-refractivity contribution in [2.75, 3.05) is 13.2 Å². The second-order valence-electron chi connectivity index (χ2n) is 5.62. The van der Waals surface area contributed by atoms with Gasteiger partial charge in [-0.3, -0.25) is 4.79 Å². The molecule has 1 heterocycles. The number of amides is 1. The third-order valence-electron chi connectivity index (χ3n) is 4.24. The summed E-state index contributed by atoms with van der Waals surface area (Å²) in [6.45, 7) is 2.58. The molecule has 5 heteroatoms. The Kier molecular flexibility index (Phi) is 4.58. The maximum absolute atomic E-state index is 12.1. The van der Waals surface area contributed by atoms with Crippen LogP contribution in [0, 0.1) is 5.41 Å². The van der Waals surface area contributed by atoms with Gasteiger partial charge in [0, 0.05) is 24.4 Å². The molecule has 19 heavy (non-hydrogen) atoms. The fourth-order valence-corrected chi connectivity index (χ4v) is 2.75. The average Bonchev–Trinajstić information content (AvgIpc) is 2.99. The van der Waals surface area contributed by atoms with Gasteiger partial charge in [0.25, 0.3) is 0 Å². The van der Waals surface area contributed by atoms with Crippen LogP contribution in [0.25, 0.3) is 0 Å². The minimum Gasteiger partial charge on any atom is -0.396 e. The summed E-state index contributed by atoms with van der Waals surface area (Å²) >= 11 is 0. The zero-order valence-corrected chi connectivity index (χ0v) is 11.5. The van der Waals surface area contributed by atoms with Gasteiger partial charge in [-0.05, 0) is 19.8 Å². The number of nitrogens with one attached hydrogen (secondary N) is 1. The Bertz CT molecular complexity index is 397. The zero-order valence-electron chi connectivity index (χ0n) is 11.5. The van der Waals surface area contributed by atoms with Crippen LogP contribution in [0.15, 0.2) is 18.7 Å². The van der Waals surface area contributed by atoms with Crippen LogP contribution in [0.4, 0.5) is 0 Å². The minimum absolute atomic E-state index is 0.0172. The van der Waals surface area contributed by atoms with Crippen molar-refractivity contribution in [3.05, 3.63) is 18.7 Å². The Labute approximate surface area is 114 Å². The standard InChI is InChI=1S/C14H23N3O2/c1-12(17-8-7-15-11-17)13(19)16-9-14(10-18)5-3-2-4-6-14/h7-8,11-12,18H,2-6,9-10H2,1H3,(H,16,19). The SMILES string of the molecule is CC(C(=O)NCC1(CO)CCCCC1)n1ccnc1. The highest BCUT2D eigenvalue weighted by molar-refractivity contribution is 5.79. The fourth-order valence-electron chi connectivity index (χ4n) is 2.75. The van der Waals surface area contributed by atoms with Gasteiger partial charge in [0.15, 0.2) is 0 Å². The summed E-state index contributed by atoms with van der Waals surface area (Å²) in [6, 6.07) is -0.262. The molecule has 0 aliphatic heterocycles. The number of aliphatic hydroxyl groups excluding tert-OH is 1. The largest absolute Gasteiger partial charge is 0.396 e. The van der Waals surface area contributed by atoms with Crippen LogP contribution >= 0.6 is 0 Å².